The van der Waals surface area contributed by atoms with E-state index in [0.29, 0.717) is 0 Å². The summed E-state index contributed by atoms with van der Waals surface area (Å²) >= 11 is 0. The van der Waals surface area contributed by atoms with E-state index in [9.17, 15) is 14.0 Å². The molecule has 0 aromatic heterocycles. The largest absolute Gasteiger partial charge is 0.481 e. The minimum atomic E-state index is -1.39. The molecular weight excluding hydrogens is 243 g/mol. The fourth-order valence-electron chi connectivity index (χ4n) is 1.30. The molecule has 1 unspecified atom stereocenters. The van der Waals surface area contributed by atoms with Crippen molar-refractivity contribution in [2.24, 2.45) is 0 Å². The lowest BCUT2D eigenvalue weighted by atomic mass is 10.1. The van der Waals surface area contributed by atoms with Gasteiger partial charge in [-0.05, 0) is 18.2 Å². The standard InChI is InChI=1S/C11H9FN2O4/c12-7-1-2-8(6(3-7)5-13)14-9(11(17)18)4-10(15)16/h1-3,9,14H,4H2,(H,15,16)(H,17,18). The van der Waals surface area contributed by atoms with Gasteiger partial charge in [0.05, 0.1) is 17.7 Å². The lowest BCUT2D eigenvalue weighted by molar-refractivity contribution is -0.144. The Balaban J connectivity index is 2.97. The summed E-state index contributed by atoms with van der Waals surface area (Å²) in [6.45, 7) is 0. The van der Waals surface area contributed by atoms with E-state index < -0.39 is 30.2 Å². The quantitative estimate of drug-likeness (QED) is 0.722. The first kappa shape index (κ1) is 13.4. The van der Waals surface area contributed by atoms with Gasteiger partial charge in [0, 0.05) is 0 Å². The Morgan fingerprint density at radius 3 is 2.61 bits per heavy atom. The molecule has 0 radical (unpaired) electrons. The molecule has 1 atom stereocenters. The average molecular weight is 252 g/mol. The van der Waals surface area contributed by atoms with Crippen molar-refractivity contribution in [1.29, 1.82) is 5.26 Å². The number of carbonyl (C=O) groups is 2. The van der Waals surface area contributed by atoms with Gasteiger partial charge in [-0.2, -0.15) is 5.26 Å². The molecule has 0 heterocycles. The van der Waals surface area contributed by atoms with Crippen LogP contribution in [0.4, 0.5) is 10.1 Å². The first-order valence-electron chi connectivity index (χ1n) is 4.85. The van der Waals surface area contributed by atoms with E-state index in [-0.39, 0.29) is 11.3 Å². The fourth-order valence-corrected chi connectivity index (χ4v) is 1.30. The van der Waals surface area contributed by atoms with Crippen LogP contribution in [0.2, 0.25) is 0 Å². The Labute approximate surface area is 101 Å². The molecule has 18 heavy (non-hydrogen) atoms. The summed E-state index contributed by atoms with van der Waals surface area (Å²) in [6.07, 6.45) is -0.655. The first-order valence-corrected chi connectivity index (χ1v) is 4.85. The maximum absolute atomic E-state index is 12.9. The predicted octanol–water partition coefficient (Wildman–Crippen LogP) is 1.04. The van der Waals surface area contributed by atoms with Crippen LogP contribution in [0.1, 0.15) is 12.0 Å². The molecule has 1 aromatic carbocycles. The minimum Gasteiger partial charge on any atom is -0.481 e. The Morgan fingerprint density at radius 2 is 2.11 bits per heavy atom. The summed E-state index contributed by atoms with van der Waals surface area (Å²) in [5, 5.41) is 28.5. The Hall–Kier alpha value is -2.62. The van der Waals surface area contributed by atoms with E-state index in [2.05, 4.69) is 5.32 Å². The molecule has 0 saturated heterocycles. The highest BCUT2D eigenvalue weighted by Crippen LogP contribution is 2.17. The van der Waals surface area contributed by atoms with Crippen LogP contribution in [0.5, 0.6) is 0 Å². The van der Waals surface area contributed by atoms with Crippen LogP contribution in [0, 0.1) is 17.1 Å². The zero-order valence-electron chi connectivity index (χ0n) is 9.05. The van der Waals surface area contributed by atoms with Gasteiger partial charge >= 0.3 is 11.9 Å². The van der Waals surface area contributed by atoms with Crippen molar-refractivity contribution in [3.05, 3.63) is 29.6 Å². The van der Waals surface area contributed by atoms with Crippen molar-refractivity contribution >= 4 is 17.6 Å². The molecule has 0 fully saturated rings. The molecule has 6 nitrogen and oxygen atoms in total. The predicted molar refractivity (Wildman–Crippen MR) is 58.4 cm³/mol. The van der Waals surface area contributed by atoms with Crippen LogP contribution < -0.4 is 5.32 Å². The van der Waals surface area contributed by atoms with Crippen molar-refractivity contribution < 1.29 is 24.2 Å². The zero-order chi connectivity index (χ0) is 13.7. The number of hydrogen-bond acceptors (Lipinski definition) is 4. The summed E-state index contributed by atoms with van der Waals surface area (Å²) in [7, 11) is 0. The molecule has 0 bridgehead atoms. The van der Waals surface area contributed by atoms with Gasteiger partial charge in [-0.15, -0.1) is 0 Å². The molecule has 1 aromatic rings. The van der Waals surface area contributed by atoms with Crippen LogP contribution in [-0.4, -0.2) is 28.2 Å². The monoisotopic (exact) mass is 252 g/mol. The maximum Gasteiger partial charge on any atom is 0.326 e. The number of carboxylic acids is 2. The summed E-state index contributed by atoms with van der Waals surface area (Å²) in [6, 6.07) is 3.47. The van der Waals surface area contributed by atoms with Crippen LogP contribution in [-0.2, 0) is 9.59 Å². The van der Waals surface area contributed by atoms with E-state index in [4.69, 9.17) is 15.5 Å². The second-order valence-electron chi connectivity index (χ2n) is 3.43. The van der Waals surface area contributed by atoms with Gasteiger partial charge in [0.15, 0.2) is 0 Å². The van der Waals surface area contributed by atoms with Crippen LogP contribution in [0.15, 0.2) is 18.2 Å². The molecule has 0 aliphatic heterocycles. The second kappa shape index (κ2) is 5.63. The number of aliphatic carboxylic acids is 2. The van der Waals surface area contributed by atoms with Gasteiger partial charge in [-0.1, -0.05) is 0 Å². The molecular formula is C11H9FN2O4. The van der Waals surface area contributed by atoms with E-state index in [1.807, 2.05) is 0 Å². The highest BCUT2D eigenvalue weighted by Gasteiger charge is 2.21. The van der Waals surface area contributed by atoms with E-state index in [1.165, 1.54) is 6.07 Å². The number of rotatable bonds is 5. The summed E-state index contributed by atoms with van der Waals surface area (Å²) in [5.74, 6) is -3.30. The van der Waals surface area contributed by atoms with Crippen LogP contribution >= 0.6 is 0 Å². The number of nitrogens with zero attached hydrogens (tertiary/aromatic N) is 1. The van der Waals surface area contributed by atoms with E-state index >= 15 is 0 Å². The Kier molecular flexibility index (Phi) is 4.21. The Morgan fingerprint density at radius 1 is 1.44 bits per heavy atom. The van der Waals surface area contributed by atoms with Crippen LogP contribution in [0.3, 0.4) is 0 Å². The number of halogens is 1. The van der Waals surface area contributed by atoms with Crippen LogP contribution in [0.25, 0.3) is 0 Å². The lowest BCUT2D eigenvalue weighted by Crippen LogP contribution is -2.32. The maximum atomic E-state index is 12.9. The number of anilines is 1. The molecule has 7 heteroatoms. The molecule has 0 saturated carbocycles. The Bertz CT molecular complexity index is 524. The third kappa shape index (κ3) is 3.45. The molecule has 94 valence electrons. The van der Waals surface area contributed by atoms with Gasteiger partial charge in [0.2, 0.25) is 0 Å². The number of nitrogens with one attached hydrogen (secondary N) is 1. The summed E-state index contributed by atoms with van der Waals surface area (Å²) in [4.78, 5) is 21.3. The molecule has 0 spiro atoms. The summed E-state index contributed by atoms with van der Waals surface area (Å²) < 4.78 is 12.9. The highest BCUT2D eigenvalue weighted by molar-refractivity contribution is 5.83. The first-order chi connectivity index (χ1) is 8.43. The van der Waals surface area contributed by atoms with Crippen molar-refractivity contribution in [1.82, 2.24) is 0 Å². The van der Waals surface area contributed by atoms with Gasteiger partial charge in [-0.25, -0.2) is 9.18 Å². The molecule has 3 N–H and O–H groups in total. The number of hydrogen-bond donors (Lipinski definition) is 3. The number of nitriles is 1. The zero-order valence-corrected chi connectivity index (χ0v) is 9.05. The topological polar surface area (TPSA) is 110 Å². The fraction of sp³-hybridized carbons (Fsp3) is 0.182. The van der Waals surface area contributed by atoms with Gasteiger partial charge < -0.3 is 15.5 Å². The van der Waals surface area contributed by atoms with Gasteiger partial charge in [0.1, 0.15) is 17.9 Å². The average Bonchev–Trinajstić information content (AvgIpc) is 2.29. The normalized spacial score (nSPS) is 11.3. The molecule has 1 rings (SSSR count). The SMILES string of the molecule is N#Cc1cc(F)ccc1NC(CC(=O)O)C(=O)O. The number of carboxylic acid groups (broad SMARTS) is 2. The summed E-state index contributed by atoms with van der Waals surface area (Å²) in [5.41, 5.74) is -0.0146. The highest BCUT2D eigenvalue weighted by atomic mass is 19.1. The van der Waals surface area contributed by atoms with Gasteiger partial charge in [-0.3, -0.25) is 4.79 Å². The molecule has 0 aliphatic rings. The van der Waals surface area contributed by atoms with Crippen molar-refractivity contribution in [3.63, 3.8) is 0 Å². The number of benzene rings is 1. The molecule has 0 aliphatic carbocycles. The van der Waals surface area contributed by atoms with E-state index in [0.717, 1.165) is 12.1 Å². The minimum absolute atomic E-state index is 0.0764. The van der Waals surface area contributed by atoms with Crippen molar-refractivity contribution in [3.8, 4) is 6.07 Å². The lowest BCUT2D eigenvalue weighted by Gasteiger charge is -2.14. The molecule has 0 amide bonds. The second-order valence-corrected chi connectivity index (χ2v) is 3.43. The van der Waals surface area contributed by atoms with Crippen molar-refractivity contribution in [2.75, 3.05) is 5.32 Å². The van der Waals surface area contributed by atoms with Crippen molar-refractivity contribution in [2.45, 2.75) is 12.5 Å². The third-order valence-corrected chi connectivity index (χ3v) is 2.11. The van der Waals surface area contributed by atoms with E-state index in [1.54, 1.807) is 6.07 Å². The van der Waals surface area contributed by atoms with Gasteiger partial charge in [0.25, 0.3) is 0 Å². The third-order valence-electron chi connectivity index (χ3n) is 2.11. The smallest absolute Gasteiger partial charge is 0.326 e.